The van der Waals surface area contributed by atoms with Gasteiger partial charge in [-0.2, -0.15) is 0 Å². The molecule has 0 saturated heterocycles. The van der Waals surface area contributed by atoms with Gasteiger partial charge < -0.3 is 5.73 Å². The van der Waals surface area contributed by atoms with Gasteiger partial charge in [0.2, 0.25) is 0 Å². The van der Waals surface area contributed by atoms with Crippen molar-refractivity contribution >= 4 is 23.4 Å². The second kappa shape index (κ2) is 6.07. The van der Waals surface area contributed by atoms with Gasteiger partial charge in [0, 0.05) is 11.8 Å². The lowest BCUT2D eigenvalue weighted by molar-refractivity contribution is 1.08. The smallest absolute Gasteiger partial charge is 0.103 e. The van der Waals surface area contributed by atoms with Crippen LogP contribution in [-0.2, 0) is 6.54 Å². The van der Waals surface area contributed by atoms with Gasteiger partial charge in [0.1, 0.15) is 4.99 Å². The van der Waals surface area contributed by atoms with E-state index in [1.165, 1.54) is 5.56 Å². The Morgan fingerprint density at radius 1 is 1.06 bits per heavy atom. The van der Waals surface area contributed by atoms with Crippen LogP contribution < -0.4 is 5.73 Å². The van der Waals surface area contributed by atoms with E-state index in [0.29, 0.717) is 11.5 Å². The van der Waals surface area contributed by atoms with E-state index in [1.807, 2.05) is 48.7 Å². The highest BCUT2D eigenvalue weighted by Crippen LogP contribution is 2.04. The highest BCUT2D eigenvalue weighted by molar-refractivity contribution is 7.80. The van der Waals surface area contributed by atoms with E-state index < -0.39 is 0 Å². The highest BCUT2D eigenvalue weighted by atomic mass is 32.1. The van der Waals surface area contributed by atoms with Crippen molar-refractivity contribution in [3.63, 3.8) is 0 Å². The average molecular weight is 254 g/mol. The van der Waals surface area contributed by atoms with Crippen LogP contribution in [0.4, 0.5) is 0 Å². The fourth-order valence-electron chi connectivity index (χ4n) is 1.57. The van der Waals surface area contributed by atoms with Crippen LogP contribution in [0.1, 0.15) is 16.7 Å². The van der Waals surface area contributed by atoms with E-state index in [2.05, 4.69) is 17.1 Å². The lowest BCUT2D eigenvalue weighted by Crippen LogP contribution is -2.08. The Bertz CT molecular complexity index is 544. The SMILES string of the molecule is NC(=S)c1ccc(C=NCc2ccccc2)cc1. The fourth-order valence-corrected chi connectivity index (χ4v) is 1.71. The lowest BCUT2D eigenvalue weighted by atomic mass is 10.1. The summed E-state index contributed by atoms with van der Waals surface area (Å²) in [4.78, 5) is 4.82. The first-order valence-electron chi connectivity index (χ1n) is 5.69. The minimum atomic E-state index is 0.419. The molecule has 0 aliphatic carbocycles. The van der Waals surface area contributed by atoms with Gasteiger partial charge >= 0.3 is 0 Å². The zero-order valence-electron chi connectivity index (χ0n) is 9.91. The number of benzene rings is 2. The summed E-state index contributed by atoms with van der Waals surface area (Å²) >= 11 is 4.90. The van der Waals surface area contributed by atoms with Crippen molar-refractivity contribution in [1.82, 2.24) is 0 Å². The predicted molar refractivity (Wildman–Crippen MR) is 80.1 cm³/mol. The van der Waals surface area contributed by atoms with Crippen molar-refractivity contribution in [2.75, 3.05) is 0 Å². The third kappa shape index (κ3) is 3.50. The van der Waals surface area contributed by atoms with Gasteiger partial charge in [-0.25, -0.2) is 0 Å². The van der Waals surface area contributed by atoms with Crippen LogP contribution in [0.2, 0.25) is 0 Å². The third-order valence-electron chi connectivity index (χ3n) is 2.55. The molecule has 0 fully saturated rings. The molecule has 18 heavy (non-hydrogen) atoms. The summed E-state index contributed by atoms with van der Waals surface area (Å²) in [5, 5.41) is 0. The van der Waals surface area contributed by atoms with Crippen molar-refractivity contribution in [2.45, 2.75) is 6.54 Å². The summed E-state index contributed by atoms with van der Waals surface area (Å²) < 4.78 is 0. The van der Waals surface area contributed by atoms with Crippen LogP contribution in [0.3, 0.4) is 0 Å². The summed E-state index contributed by atoms with van der Waals surface area (Å²) in [7, 11) is 0. The number of thiocarbonyl (C=S) groups is 1. The molecule has 0 atom stereocenters. The van der Waals surface area contributed by atoms with Crippen LogP contribution in [0.5, 0.6) is 0 Å². The topological polar surface area (TPSA) is 38.4 Å². The average Bonchev–Trinajstić information content (AvgIpc) is 2.40. The number of nitrogens with two attached hydrogens (primary N) is 1. The first-order chi connectivity index (χ1) is 8.75. The molecule has 2 aromatic rings. The Morgan fingerprint density at radius 3 is 2.33 bits per heavy atom. The van der Waals surface area contributed by atoms with Crippen molar-refractivity contribution in [2.24, 2.45) is 10.7 Å². The van der Waals surface area contributed by atoms with E-state index in [0.717, 1.165) is 11.1 Å². The van der Waals surface area contributed by atoms with Crippen molar-refractivity contribution < 1.29 is 0 Å². The van der Waals surface area contributed by atoms with Crippen LogP contribution >= 0.6 is 12.2 Å². The molecule has 0 bridgehead atoms. The summed E-state index contributed by atoms with van der Waals surface area (Å²) in [6.07, 6.45) is 1.86. The van der Waals surface area contributed by atoms with Gasteiger partial charge in [-0.1, -0.05) is 66.8 Å². The van der Waals surface area contributed by atoms with E-state index in [1.54, 1.807) is 0 Å². The molecule has 2 N–H and O–H groups in total. The van der Waals surface area contributed by atoms with E-state index in [9.17, 15) is 0 Å². The number of nitrogens with zero attached hydrogens (tertiary/aromatic N) is 1. The molecule has 3 heteroatoms. The Balaban J connectivity index is 1.99. The van der Waals surface area contributed by atoms with Crippen molar-refractivity contribution in [3.05, 3.63) is 71.3 Å². The maximum Gasteiger partial charge on any atom is 0.103 e. The zero-order chi connectivity index (χ0) is 12.8. The molecule has 2 aromatic carbocycles. The molecule has 0 aliphatic heterocycles. The fraction of sp³-hybridized carbons (Fsp3) is 0.0667. The standard InChI is InChI=1S/C15H14N2S/c16-15(18)14-8-6-13(7-9-14)11-17-10-12-4-2-1-3-5-12/h1-9,11H,10H2,(H2,16,18). The number of hydrogen-bond acceptors (Lipinski definition) is 2. The Kier molecular flexibility index (Phi) is 4.20. The molecule has 0 aliphatic rings. The predicted octanol–water partition coefficient (Wildman–Crippen LogP) is 2.94. The van der Waals surface area contributed by atoms with E-state index in [4.69, 9.17) is 18.0 Å². The minimum absolute atomic E-state index is 0.419. The van der Waals surface area contributed by atoms with Gasteiger partial charge in [0.15, 0.2) is 0 Å². The maximum absolute atomic E-state index is 5.54. The number of aliphatic imine (C=N–C) groups is 1. The normalized spacial score (nSPS) is 10.7. The lowest BCUT2D eigenvalue weighted by Gasteiger charge is -1.98. The highest BCUT2D eigenvalue weighted by Gasteiger charge is 1.94. The largest absolute Gasteiger partial charge is 0.389 e. The first-order valence-corrected chi connectivity index (χ1v) is 6.10. The van der Waals surface area contributed by atoms with Gasteiger partial charge in [-0.3, -0.25) is 4.99 Å². The molecular formula is C15H14N2S. The monoisotopic (exact) mass is 254 g/mol. The van der Waals surface area contributed by atoms with Gasteiger partial charge in [0.25, 0.3) is 0 Å². The molecule has 0 radical (unpaired) electrons. The molecule has 0 aromatic heterocycles. The van der Waals surface area contributed by atoms with Gasteiger partial charge in [-0.15, -0.1) is 0 Å². The Hall–Kier alpha value is -2.00. The molecular weight excluding hydrogens is 240 g/mol. The summed E-state index contributed by atoms with van der Waals surface area (Å²) in [6, 6.07) is 17.9. The maximum atomic E-state index is 5.54. The second-order valence-electron chi connectivity index (χ2n) is 3.94. The summed E-state index contributed by atoms with van der Waals surface area (Å²) in [5.41, 5.74) is 8.67. The number of rotatable bonds is 4. The van der Waals surface area contributed by atoms with E-state index >= 15 is 0 Å². The third-order valence-corrected chi connectivity index (χ3v) is 2.79. The van der Waals surface area contributed by atoms with Crippen LogP contribution in [0, 0.1) is 0 Å². The molecule has 0 spiro atoms. The second-order valence-corrected chi connectivity index (χ2v) is 4.38. The summed E-state index contributed by atoms with van der Waals surface area (Å²) in [6.45, 7) is 0.692. The Morgan fingerprint density at radius 2 is 1.72 bits per heavy atom. The van der Waals surface area contributed by atoms with Crippen LogP contribution in [-0.4, -0.2) is 11.2 Å². The molecule has 90 valence electrons. The first kappa shape index (κ1) is 12.5. The van der Waals surface area contributed by atoms with Gasteiger partial charge in [0.05, 0.1) is 6.54 Å². The quantitative estimate of drug-likeness (QED) is 0.673. The molecule has 0 amide bonds. The number of hydrogen-bond donors (Lipinski definition) is 1. The molecule has 0 unspecified atom stereocenters. The molecule has 2 rings (SSSR count). The van der Waals surface area contributed by atoms with E-state index in [-0.39, 0.29) is 0 Å². The van der Waals surface area contributed by atoms with Crippen LogP contribution in [0.25, 0.3) is 0 Å². The minimum Gasteiger partial charge on any atom is -0.389 e. The van der Waals surface area contributed by atoms with Crippen molar-refractivity contribution in [3.8, 4) is 0 Å². The van der Waals surface area contributed by atoms with Gasteiger partial charge in [-0.05, 0) is 11.1 Å². The van der Waals surface area contributed by atoms with Crippen molar-refractivity contribution in [1.29, 1.82) is 0 Å². The Labute approximate surface area is 112 Å². The molecule has 2 nitrogen and oxygen atoms in total. The molecule has 0 saturated carbocycles. The zero-order valence-corrected chi connectivity index (χ0v) is 10.7. The van der Waals surface area contributed by atoms with Crippen LogP contribution in [0.15, 0.2) is 59.6 Å². The molecule has 0 heterocycles. The summed E-state index contributed by atoms with van der Waals surface area (Å²) in [5.74, 6) is 0.